The number of benzene rings is 2. The first-order chi connectivity index (χ1) is 12.6. The lowest BCUT2D eigenvalue weighted by Gasteiger charge is -2.27. The number of rotatable bonds is 3. The van der Waals surface area contributed by atoms with Gasteiger partial charge in [-0.1, -0.05) is 48.0 Å². The zero-order valence-electron chi connectivity index (χ0n) is 13.9. The van der Waals surface area contributed by atoms with E-state index < -0.39 is 0 Å². The Morgan fingerprint density at radius 3 is 2.65 bits per heavy atom. The van der Waals surface area contributed by atoms with Gasteiger partial charge in [0.1, 0.15) is 11.9 Å². The summed E-state index contributed by atoms with van der Waals surface area (Å²) in [5.41, 5.74) is 3.80. The Bertz CT molecular complexity index is 997. The highest BCUT2D eigenvalue weighted by atomic mass is 35.5. The second-order valence-electron chi connectivity index (χ2n) is 5.91. The summed E-state index contributed by atoms with van der Waals surface area (Å²) in [5, 5.41) is 6.43. The first-order valence-electron chi connectivity index (χ1n) is 8.09. The molecule has 1 N–H and O–H groups in total. The lowest BCUT2D eigenvalue weighted by molar-refractivity contribution is 0.626. The molecule has 0 spiro atoms. The second kappa shape index (κ2) is 7.02. The van der Waals surface area contributed by atoms with E-state index in [0.29, 0.717) is 10.9 Å². The zero-order chi connectivity index (χ0) is 18.1. The highest BCUT2D eigenvalue weighted by Gasteiger charge is 2.28. The molecular formula is C20H15ClFN3S. The molecule has 0 fully saturated rings. The number of hydrogen-bond donors (Lipinski definition) is 1. The van der Waals surface area contributed by atoms with Crippen LogP contribution in [0.4, 0.5) is 4.39 Å². The Kier molecular flexibility index (Phi) is 4.57. The lowest BCUT2D eigenvalue weighted by Crippen LogP contribution is -2.29. The summed E-state index contributed by atoms with van der Waals surface area (Å²) in [6.07, 6.45) is 1.75. The number of nitrogens with one attached hydrogen (secondary N) is 1. The predicted octanol–water partition coefficient (Wildman–Crippen LogP) is 5.46. The van der Waals surface area contributed by atoms with Crippen LogP contribution in [0.3, 0.4) is 0 Å². The number of nitrogens with zero attached hydrogens (tertiary/aromatic N) is 2. The van der Waals surface area contributed by atoms with Gasteiger partial charge in [-0.2, -0.15) is 0 Å². The van der Waals surface area contributed by atoms with Crippen molar-refractivity contribution in [3.8, 4) is 0 Å². The van der Waals surface area contributed by atoms with E-state index in [1.807, 2.05) is 42.6 Å². The number of allylic oxidation sites excluding steroid dienone is 1. The fraction of sp³-hybridized carbons (Fsp3) is 0.100. The molecule has 2 aromatic carbocycles. The van der Waals surface area contributed by atoms with E-state index in [1.165, 1.54) is 23.5 Å². The summed E-state index contributed by atoms with van der Waals surface area (Å²) >= 11 is 7.88. The van der Waals surface area contributed by atoms with Crippen LogP contribution in [-0.2, 0) is 0 Å². The molecule has 0 saturated carbocycles. The average molecular weight is 384 g/mol. The van der Waals surface area contributed by atoms with Crippen molar-refractivity contribution >= 4 is 34.3 Å². The van der Waals surface area contributed by atoms with Crippen LogP contribution in [0.2, 0.25) is 5.02 Å². The van der Waals surface area contributed by atoms with Crippen LogP contribution in [0.1, 0.15) is 29.1 Å². The average Bonchev–Trinajstić information content (AvgIpc) is 3.16. The molecule has 1 aromatic heterocycles. The quantitative estimate of drug-likeness (QED) is 0.652. The van der Waals surface area contributed by atoms with Gasteiger partial charge in [-0.25, -0.2) is 9.37 Å². The normalized spacial score (nSPS) is 17.0. The highest BCUT2D eigenvalue weighted by Crippen LogP contribution is 2.40. The second-order valence-corrected chi connectivity index (χ2v) is 7.21. The first kappa shape index (κ1) is 16.9. The van der Waals surface area contributed by atoms with Gasteiger partial charge in [0.25, 0.3) is 0 Å². The minimum atomic E-state index is -0.362. The van der Waals surface area contributed by atoms with Gasteiger partial charge in [-0.05, 0) is 30.2 Å². The molecule has 0 amide bonds. The summed E-state index contributed by atoms with van der Waals surface area (Å²) < 4.78 is 13.6. The number of amidine groups is 1. The lowest BCUT2D eigenvalue weighted by atomic mass is 9.90. The summed E-state index contributed by atoms with van der Waals surface area (Å²) in [7, 11) is 0. The standard InChI is InChI=1S/C20H15ClFN3S/c1-12-17(13-5-3-2-4-6-13)18(15-8-7-14(22)11-16(15)21)25-19(24-12)20-23-9-10-26-20/h2-11,18H,1H3,(H,24,25). The van der Waals surface area contributed by atoms with E-state index in [0.717, 1.165) is 27.4 Å². The van der Waals surface area contributed by atoms with Crippen LogP contribution in [0.25, 0.3) is 5.57 Å². The fourth-order valence-corrected chi connectivity index (χ4v) is 3.92. The van der Waals surface area contributed by atoms with Gasteiger partial charge in [0.05, 0.1) is 0 Å². The van der Waals surface area contributed by atoms with Gasteiger partial charge < -0.3 is 5.32 Å². The number of thiazole rings is 1. The monoisotopic (exact) mass is 383 g/mol. The molecule has 26 heavy (non-hydrogen) atoms. The Balaban J connectivity index is 1.88. The molecule has 0 aliphatic carbocycles. The number of aliphatic imine (C=N–C) groups is 1. The van der Waals surface area contributed by atoms with Crippen molar-refractivity contribution in [2.75, 3.05) is 0 Å². The molecule has 1 aliphatic rings. The summed E-state index contributed by atoms with van der Waals surface area (Å²) in [6, 6.07) is 14.1. The Morgan fingerprint density at radius 2 is 1.96 bits per heavy atom. The van der Waals surface area contributed by atoms with Crippen molar-refractivity contribution in [3.63, 3.8) is 0 Å². The Morgan fingerprint density at radius 1 is 1.15 bits per heavy atom. The van der Waals surface area contributed by atoms with E-state index in [2.05, 4.69) is 10.3 Å². The molecule has 1 aliphatic heterocycles. The van der Waals surface area contributed by atoms with Gasteiger partial charge in [-0.3, -0.25) is 4.99 Å². The molecule has 1 atom stereocenters. The SMILES string of the molecule is CC1=C(c2ccccc2)C(c2ccc(F)cc2Cl)N=C(c2nccs2)N1. The van der Waals surface area contributed by atoms with Crippen molar-refractivity contribution in [3.05, 3.63) is 92.8 Å². The molecular weight excluding hydrogens is 369 g/mol. The maximum absolute atomic E-state index is 13.6. The molecule has 130 valence electrons. The maximum Gasteiger partial charge on any atom is 0.163 e. The van der Waals surface area contributed by atoms with E-state index in [1.54, 1.807) is 12.3 Å². The molecule has 0 radical (unpaired) electrons. The van der Waals surface area contributed by atoms with Crippen LogP contribution in [0.15, 0.2) is 70.8 Å². The molecule has 2 heterocycles. The maximum atomic E-state index is 13.6. The molecule has 3 nitrogen and oxygen atoms in total. The molecule has 0 bridgehead atoms. The minimum absolute atomic E-state index is 0.342. The topological polar surface area (TPSA) is 37.3 Å². The van der Waals surface area contributed by atoms with Crippen molar-refractivity contribution in [1.82, 2.24) is 10.3 Å². The Labute approximate surface area is 159 Å². The van der Waals surface area contributed by atoms with E-state index in [-0.39, 0.29) is 11.9 Å². The fourth-order valence-electron chi connectivity index (χ4n) is 3.07. The van der Waals surface area contributed by atoms with Gasteiger partial charge >= 0.3 is 0 Å². The van der Waals surface area contributed by atoms with Crippen LogP contribution in [-0.4, -0.2) is 10.8 Å². The first-order valence-corrected chi connectivity index (χ1v) is 9.35. The molecule has 1 unspecified atom stereocenters. The summed E-state index contributed by atoms with van der Waals surface area (Å²) in [6.45, 7) is 2.01. The molecule has 4 rings (SSSR count). The van der Waals surface area contributed by atoms with Crippen LogP contribution in [0.5, 0.6) is 0 Å². The van der Waals surface area contributed by atoms with Crippen LogP contribution in [0, 0.1) is 5.82 Å². The largest absolute Gasteiger partial charge is 0.341 e. The van der Waals surface area contributed by atoms with Crippen molar-refractivity contribution in [2.45, 2.75) is 13.0 Å². The smallest absolute Gasteiger partial charge is 0.163 e. The van der Waals surface area contributed by atoms with Crippen molar-refractivity contribution in [1.29, 1.82) is 0 Å². The van der Waals surface area contributed by atoms with Crippen molar-refractivity contribution in [2.24, 2.45) is 4.99 Å². The third-order valence-electron chi connectivity index (χ3n) is 4.22. The third kappa shape index (κ3) is 3.16. The zero-order valence-corrected chi connectivity index (χ0v) is 15.5. The summed E-state index contributed by atoms with van der Waals surface area (Å²) in [4.78, 5) is 9.23. The Hall–Kier alpha value is -2.50. The predicted molar refractivity (Wildman–Crippen MR) is 105 cm³/mol. The molecule has 0 saturated heterocycles. The number of hydrogen-bond acceptors (Lipinski definition) is 4. The summed E-state index contributed by atoms with van der Waals surface area (Å²) in [5.74, 6) is 0.335. The highest BCUT2D eigenvalue weighted by molar-refractivity contribution is 7.11. The third-order valence-corrected chi connectivity index (χ3v) is 5.33. The van der Waals surface area contributed by atoms with Crippen LogP contribution < -0.4 is 5.32 Å². The van der Waals surface area contributed by atoms with Gasteiger partial charge in [0.2, 0.25) is 0 Å². The number of aromatic nitrogens is 1. The van der Waals surface area contributed by atoms with Crippen molar-refractivity contribution < 1.29 is 4.39 Å². The van der Waals surface area contributed by atoms with E-state index in [4.69, 9.17) is 16.6 Å². The molecule has 6 heteroatoms. The van der Waals surface area contributed by atoms with Gasteiger partial charge in [-0.15, -0.1) is 11.3 Å². The minimum Gasteiger partial charge on any atom is -0.341 e. The van der Waals surface area contributed by atoms with Gasteiger partial charge in [0, 0.05) is 27.9 Å². The molecule has 3 aromatic rings. The van der Waals surface area contributed by atoms with E-state index >= 15 is 0 Å². The number of halogens is 2. The van der Waals surface area contributed by atoms with Crippen LogP contribution >= 0.6 is 22.9 Å². The van der Waals surface area contributed by atoms with E-state index in [9.17, 15) is 4.39 Å². The van der Waals surface area contributed by atoms with Gasteiger partial charge in [0.15, 0.2) is 10.8 Å².